The van der Waals surface area contributed by atoms with Gasteiger partial charge < -0.3 is 5.32 Å². The molecule has 2 aromatic carbocycles. The first-order valence-electron chi connectivity index (χ1n) is 7.38. The van der Waals surface area contributed by atoms with Crippen LogP contribution in [0.15, 0.2) is 66.9 Å². The Balaban J connectivity index is 1.81. The van der Waals surface area contributed by atoms with E-state index in [0.717, 1.165) is 0 Å². The molecule has 3 aromatic rings. The first-order chi connectivity index (χ1) is 11.7. The van der Waals surface area contributed by atoms with Crippen LogP contribution in [0.1, 0.15) is 16.1 Å². The van der Waals surface area contributed by atoms with E-state index < -0.39 is 17.5 Å². The second kappa shape index (κ2) is 7.00. The van der Waals surface area contributed by atoms with E-state index in [0.29, 0.717) is 11.3 Å². The standard InChI is InChI=1S/C19H14F2N2O/c20-17-15(13-6-2-1-3-7-13)9-10-16(18(17)21)19(24)23-12-14-8-4-5-11-22-14/h1-11H,12H2,(H,23,24). The highest BCUT2D eigenvalue weighted by Crippen LogP contribution is 2.26. The molecule has 1 amide bonds. The van der Waals surface area contributed by atoms with Gasteiger partial charge in [-0.05, 0) is 23.8 Å². The van der Waals surface area contributed by atoms with E-state index in [2.05, 4.69) is 10.3 Å². The van der Waals surface area contributed by atoms with Gasteiger partial charge in [-0.25, -0.2) is 8.78 Å². The summed E-state index contributed by atoms with van der Waals surface area (Å²) in [6, 6.07) is 16.6. The number of hydrogen-bond acceptors (Lipinski definition) is 2. The van der Waals surface area contributed by atoms with Gasteiger partial charge >= 0.3 is 0 Å². The summed E-state index contributed by atoms with van der Waals surface area (Å²) in [7, 11) is 0. The van der Waals surface area contributed by atoms with Crippen molar-refractivity contribution >= 4 is 5.91 Å². The molecule has 0 unspecified atom stereocenters. The fourth-order valence-electron chi connectivity index (χ4n) is 2.33. The molecular weight excluding hydrogens is 310 g/mol. The largest absolute Gasteiger partial charge is 0.346 e. The van der Waals surface area contributed by atoms with Gasteiger partial charge in [0, 0.05) is 11.8 Å². The van der Waals surface area contributed by atoms with Gasteiger partial charge in [-0.1, -0.05) is 42.5 Å². The number of carbonyl (C=O) groups excluding carboxylic acids is 1. The highest BCUT2D eigenvalue weighted by atomic mass is 19.2. The Hall–Kier alpha value is -3.08. The van der Waals surface area contributed by atoms with Crippen LogP contribution in [-0.4, -0.2) is 10.9 Å². The minimum Gasteiger partial charge on any atom is -0.346 e. The summed E-state index contributed by atoms with van der Waals surface area (Å²) in [5.41, 5.74) is 0.972. The Morgan fingerprint density at radius 3 is 2.38 bits per heavy atom. The van der Waals surface area contributed by atoms with Crippen LogP contribution in [-0.2, 0) is 6.54 Å². The summed E-state index contributed by atoms with van der Waals surface area (Å²) < 4.78 is 28.6. The zero-order chi connectivity index (χ0) is 16.9. The third-order valence-corrected chi connectivity index (χ3v) is 3.57. The van der Waals surface area contributed by atoms with Crippen molar-refractivity contribution < 1.29 is 13.6 Å². The van der Waals surface area contributed by atoms with Gasteiger partial charge in [-0.3, -0.25) is 9.78 Å². The van der Waals surface area contributed by atoms with Crippen LogP contribution in [0.4, 0.5) is 8.78 Å². The molecule has 0 bridgehead atoms. The lowest BCUT2D eigenvalue weighted by Gasteiger charge is -2.09. The van der Waals surface area contributed by atoms with E-state index in [9.17, 15) is 13.6 Å². The van der Waals surface area contributed by atoms with E-state index in [4.69, 9.17) is 0 Å². The number of aromatic nitrogens is 1. The smallest absolute Gasteiger partial charge is 0.254 e. The van der Waals surface area contributed by atoms with Crippen LogP contribution < -0.4 is 5.32 Å². The summed E-state index contributed by atoms with van der Waals surface area (Å²) in [5, 5.41) is 2.53. The van der Waals surface area contributed by atoms with Gasteiger partial charge in [-0.15, -0.1) is 0 Å². The quantitative estimate of drug-likeness (QED) is 0.789. The molecule has 0 atom stereocenters. The first kappa shape index (κ1) is 15.8. The van der Waals surface area contributed by atoms with Crippen molar-refractivity contribution in [2.24, 2.45) is 0 Å². The van der Waals surface area contributed by atoms with E-state index in [1.165, 1.54) is 12.1 Å². The first-order valence-corrected chi connectivity index (χ1v) is 7.38. The van der Waals surface area contributed by atoms with Crippen molar-refractivity contribution in [3.63, 3.8) is 0 Å². The number of benzene rings is 2. The van der Waals surface area contributed by atoms with Crippen molar-refractivity contribution in [2.75, 3.05) is 0 Å². The fourth-order valence-corrected chi connectivity index (χ4v) is 2.33. The molecule has 1 N–H and O–H groups in total. The monoisotopic (exact) mass is 324 g/mol. The molecule has 0 saturated carbocycles. The van der Waals surface area contributed by atoms with E-state index in [1.54, 1.807) is 54.7 Å². The number of rotatable bonds is 4. The average molecular weight is 324 g/mol. The van der Waals surface area contributed by atoms with Crippen molar-refractivity contribution in [2.45, 2.75) is 6.54 Å². The van der Waals surface area contributed by atoms with Crippen LogP contribution in [0.5, 0.6) is 0 Å². The second-order valence-corrected chi connectivity index (χ2v) is 5.16. The minimum atomic E-state index is -1.16. The third kappa shape index (κ3) is 3.30. The van der Waals surface area contributed by atoms with Crippen LogP contribution in [0, 0.1) is 11.6 Å². The summed E-state index contributed by atoms with van der Waals surface area (Å²) in [6.07, 6.45) is 1.59. The van der Waals surface area contributed by atoms with Gasteiger partial charge in [0.2, 0.25) is 0 Å². The van der Waals surface area contributed by atoms with Crippen LogP contribution >= 0.6 is 0 Å². The highest BCUT2D eigenvalue weighted by Gasteiger charge is 2.19. The summed E-state index contributed by atoms with van der Waals surface area (Å²) in [6.45, 7) is 0.140. The molecule has 0 aliphatic heterocycles. The van der Waals surface area contributed by atoms with E-state index in [1.807, 2.05) is 0 Å². The molecule has 0 radical (unpaired) electrons. The molecular formula is C19H14F2N2O. The maximum absolute atomic E-state index is 14.3. The molecule has 3 rings (SSSR count). The van der Waals surface area contributed by atoms with Crippen molar-refractivity contribution in [3.05, 3.63) is 89.8 Å². The third-order valence-electron chi connectivity index (χ3n) is 3.57. The lowest BCUT2D eigenvalue weighted by molar-refractivity contribution is 0.0945. The van der Waals surface area contributed by atoms with E-state index >= 15 is 0 Å². The van der Waals surface area contributed by atoms with Gasteiger partial charge in [0.05, 0.1) is 17.8 Å². The molecule has 0 aliphatic carbocycles. The van der Waals surface area contributed by atoms with Crippen LogP contribution in [0.3, 0.4) is 0 Å². The fraction of sp³-hybridized carbons (Fsp3) is 0.0526. The molecule has 120 valence electrons. The number of nitrogens with zero attached hydrogens (tertiary/aromatic N) is 1. The molecule has 0 aliphatic rings. The predicted octanol–water partition coefficient (Wildman–Crippen LogP) is 3.96. The maximum Gasteiger partial charge on any atom is 0.254 e. The Morgan fingerprint density at radius 2 is 1.67 bits per heavy atom. The number of hydrogen-bond donors (Lipinski definition) is 1. The van der Waals surface area contributed by atoms with Gasteiger partial charge in [-0.2, -0.15) is 0 Å². The molecule has 24 heavy (non-hydrogen) atoms. The van der Waals surface area contributed by atoms with E-state index in [-0.39, 0.29) is 17.7 Å². The number of halogens is 2. The van der Waals surface area contributed by atoms with Crippen molar-refractivity contribution in [1.29, 1.82) is 0 Å². The number of nitrogens with one attached hydrogen (secondary N) is 1. The van der Waals surface area contributed by atoms with Gasteiger partial charge in [0.15, 0.2) is 11.6 Å². The lowest BCUT2D eigenvalue weighted by atomic mass is 10.0. The van der Waals surface area contributed by atoms with Crippen LogP contribution in [0.2, 0.25) is 0 Å². The van der Waals surface area contributed by atoms with Gasteiger partial charge in [0.1, 0.15) is 0 Å². The zero-order valence-electron chi connectivity index (χ0n) is 12.7. The zero-order valence-corrected chi connectivity index (χ0v) is 12.7. The lowest BCUT2D eigenvalue weighted by Crippen LogP contribution is -2.24. The maximum atomic E-state index is 14.3. The Labute approximate surface area is 138 Å². The number of amides is 1. The van der Waals surface area contributed by atoms with Crippen molar-refractivity contribution in [3.8, 4) is 11.1 Å². The number of carbonyl (C=O) groups is 1. The van der Waals surface area contributed by atoms with Crippen LogP contribution in [0.25, 0.3) is 11.1 Å². The summed E-state index contributed by atoms with van der Waals surface area (Å²) in [5.74, 6) is -2.88. The molecule has 5 heteroatoms. The SMILES string of the molecule is O=C(NCc1ccccn1)c1ccc(-c2ccccc2)c(F)c1F. The van der Waals surface area contributed by atoms with Gasteiger partial charge in [0.25, 0.3) is 5.91 Å². The highest BCUT2D eigenvalue weighted by molar-refractivity contribution is 5.95. The Bertz CT molecular complexity index is 852. The molecule has 3 nitrogen and oxygen atoms in total. The topological polar surface area (TPSA) is 42.0 Å². The normalized spacial score (nSPS) is 10.4. The minimum absolute atomic E-state index is 0.120. The molecule has 0 fully saturated rings. The summed E-state index contributed by atoms with van der Waals surface area (Å²) >= 11 is 0. The number of pyridine rings is 1. The van der Waals surface area contributed by atoms with Crippen molar-refractivity contribution in [1.82, 2.24) is 10.3 Å². The molecule has 1 heterocycles. The predicted molar refractivity (Wildman–Crippen MR) is 87.2 cm³/mol. The average Bonchev–Trinajstić information content (AvgIpc) is 2.63. The summed E-state index contributed by atoms with van der Waals surface area (Å²) in [4.78, 5) is 16.1. The Morgan fingerprint density at radius 1 is 0.917 bits per heavy atom. The Kier molecular flexibility index (Phi) is 4.61. The molecule has 0 saturated heterocycles. The molecule has 1 aromatic heterocycles. The second-order valence-electron chi connectivity index (χ2n) is 5.16. The molecule has 0 spiro atoms.